The number of nitrogens with zero attached hydrogens (tertiary/aromatic N) is 1. The van der Waals surface area contributed by atoms with Gasteiger partial charge < -0.3 is 5.32 Å². The van der Waals surface area contributed by atoms with Gasteiger partial charge in [0.15, 0.2) is 5.69 Å². The molecule has 3 rings (SSSR count). The molecule has 1 aromatic heterocycles. The molecular formula is C14H9ClFN3O. The molecule has 0 aliphatic rings. The summed E-state index contributed by atoms with van der Waals surface area (Å²) in [4.78, 5) is 12.2. The van der Waals surface area contributed by atoms with E-state index in [1.807, 2.05) is 18.2 Å². The van der Waals surface area contributed by atoms with Gasteiger partial charge in [0.05, 0.1) is 5.52 Å². The second kappa shape index (κ2) is 4.94. The van der Waals surface area contributed by atoms with Crippen LogP contribution in [0.1, 0.15) is 10.5 Å². The van der Waals surface area contributed by atoms with E-state index in [2.05, 4.69) is 15.5 Å². The van der Waals surface area contributed by atoms with Gasteiger partial charge in [-0.25, -0.2) is 4.39 Å². The molecule has 1 amide bonds. The number of fused-ring (bicyclic) bond motifs is 1. The minimum Gasteiger partial charge on any atom is -0.320 e. The summed E-state index contributed by atoms with van der Waals surface area (Å²) in [5, 5.41) is 10.2. The van der Waals surface area contributed by atoms with Crippen molar-refractivity contribution in [1.82, 2.24) is 10.2 Å². The molecule has 0 spiro atoms. The van der Waals surface area contributed by atoms with E-state index in [-0.39, 0.29) is 16.4 Å². The molecule has 0 saturated heterocycles. The molecule has 20 heavy (non-hydrogen) atoms. The van der Waals surface area contributed by atoms with Crippen LogP contribution in [0.15, 0.2) is 42.5 Å². The zero-order chi connectivity index (χ0) is 14.1. The van der Waals surface area contributed by atoms with Crippen molar-refractivity contribution in [2.24, 2.45) is 0 Å². The average molecular weight is 290 g/mol. The first-order valence-corrected chi connectivity index (χ1v) is 6.22. The Balaban J connectivity index is 1.93. The van der Waals surface area contributed by atoms with Crippen LogP contribution < -0.4 is 5.32 Å². The van der Waals surface area contributed by atoms with Gasteiger partial charge in [0.1, 0.15) is 5.82 Å². The molecule has 0 saturated carbocycles. The highest BCUT2D eigenvalue weighted by atomic mass is 35.5. The van der Waals surface area contributed by atoms with Crippen molar-refractivity contribution < 1.29 is 9.18 Å². The van der Waals surface area contributed by atoms with Crippen LogP contribution in [0.2, 0.25) is 5.02 Å². The fourth-order valence-electron chi connectivity index (χ4n) is 1.95. The van der Waals surface area contributed by atoms with Gasteiger partial charge in [-0.2, -0.15) is 5.10 Å². The smallest absolute Gasteiger partial charge is 0.276 e. The Hall–Kier alpha value is -2.40. The number of aromatic amines is 1. The first-order valence-electron chi connectivity index (χ1n) is 5.84. The van der Waals surface area contributed by atoms with E-state index < -0.39 is 11.7 Å². The van der Waals surface area contributed by atoms with E-state index in [1.165, 1.54) is 18.2 Å². The fraction of sp³-hybridized carbons (Fsp3) is 0. The van der Waals surface area contributed by atoms with E-state index in [4.69, 9.17) is 11.6 Å². The Bertz CT molecular complexity index is 780. The number of nitrogens with one attached hydrogen (secondary N) is 2. The van der Waals surface area contributed by atoms with Gasteiger partial charge in [-0.05, 0) is 24.3 Å². The minimum atomic E-state index is -0.514. The van der Waals surface area contributed by atoms with E-state index >= 15 is 0 Å². The molecule has 0 unspecified atom stereocenters. The van der Waals surface area contributed by atoms with Crippen molar-refractivity contribution in [3.63, 3.8) is 0 Å². The highest BCUT2D eigenvalue weighted by Crippen LogP contribution is 2.20. The molecule has 0 aliphatic carbocycles. The third-order valence-electron chi connectivity index (χ3n) is 2.81. The van der Waals surface area contributed by atoms with Crippen molar-refractivity contribution in [2.75, 3.05) is 5.32 Å². The lowest BCUT2D eigenvalue weighted by molar-refractivity contribution is 0.102. The maximum absolute atomic E-state index is 13.2. The van der Waals surface area contributed by atoms with Crippen LogP contribution in [0.25, 0.3) is 10.9 Å². The lowest BCUT2D eigenvalue weighted by Gasteiger charge is -2.04. The number of anilines is 1. The van der Waals surface area contributed by atoms with Crippen molar-refractivity contribution in [1.29, 1.82) is 0 Å². The summed E-state index contributed by atoms with van der Waals surface area (Å²) in [5.41, 5.74) is 1.29. The number of carbonyl (C=O) groups is 1. The molecule has 100 valence electrons. The van der Waals surface area contributed by atoms with Crippen LogP contribution >= 0.6 is 11.6 Å². The molecule has 2 N–H and O–H groups in total. The molecule has 0 aliphatic heterocycles. The minimum absolute atomic E-state index is 0.215. The van der Waals surface area contributed by atoms with E-state index in [9.17, 15) is 9.18 Å². The summed E-state index contributed by atoms with van der Waals surface area (Å²) in [7, 11) is 0. The Morgan fingerprint density at radius 3 is 2.85 bits per heavy atom. The fourth-order valence-corrected chi connectivity index (χ4v) is 2.17. The second-order valence-electron chi connectivity index (χ2n) is 4.23. The SMILES string of the molecule is O=C(Nc1cc(F)cc(Cl)c1)c1n[nH]c2ccccc12. The molecule has 4 nitrogen and oxygen atoms in total. The number of carbonyl (C=O) groups excluding carboxylic acids is 1. The molecular weight excluding hydrogens is 281 g/mol. The summed E-state index contributed by atoms with van der Waals surface area (Å²) in [6.45, 7) is 0. The summed E-state index contributed by atoms with van der Waals surface area (Å²) in [5.74, 6) is -0.941. The van der Waals surface area contributed by atoms with Crippen molar-refractivity contribution in [3.05, 3.63) is 59.0 Å². The predicted octanol–water partition coefficient (Wildman–Crippen LogP) is 3.61. The first kappa shape index (κ1) is 12.6. The lowest BCUT2D eigenvalue weighted by atomic mass is 10.2. The van der Waals surface area contributed by atoms with E-state index in [1.54, 1.807) is 6.07 Å². The number of benzene rings is 2. The van der Waals surface area contributed by atoms with Crippen LogP contribution in [0.4, 0.5) is 10.1 Å². The number of hydrogen-bond acceptors (Lipinski definition) is 2. The maximum Gasteiger partial charge on any atom is 0.276 e. The van der Waals surface area contributed by atoms with Gasteiger partial charge in [-0.15, -0.1) is 0 Å². The molecule has 2 aromatic carbocycles. The molecule has 1 heterocycles. The maximum atomic E-state index is 13.2. The molecule has 0 radical (unpaired) electrons. The number of aromatic nitrogens is 2. The highest BCUT2D eigenvalue weighted by molar-refractivity contribution is 6.31. The second-order valence-corrected chi connectivity index (χ2v) is 4.67. The van der Waals surface area contributed by atoms with Crippen molar-refractivity contribution >= 4 is 34.1 Å². The van der Waals surface area contributed by atoms with Crippen molar-refractivity contribution in [3.8, 4) is 0 Å². The zero-order valence-corrected chi connectivity index (χ0v) is 10.9. The number of amides is 1. The topological polar surface area (TPSA) is 57.8 Å². The molecule has 0 bridgehead atoms. The summed E-state index contributed by atoms with van der Waals surface area (Å²) in [6.07, 6.45) is 0. The van der Waals surface area contributed by atoms with E-state index in [0.29, 0.717) is 5.39 Å². The summed E-state index contributed by atoms with van der Waals surface area (Å²) < 4.78 is 13.2. The van der Waals surface area contributed by atoms with Gasteiger partial charge in [0, 0.05) is 16.1 Å². The average Bonchev–Trinajstić information content (AvgIpc) is 2.81. The van der Waals surface area contributed by atoms with Gasteiger partial charge in [-0.1, -0.05) is 29.8 Å². The lowest BCUT2D eigenvalue weighted by Crippen LogP contribution is -2.13. The Morgan fingerprint density at radius 2 is 2.05 bits per heavy atom. The van der Waals surface area contributed by atoms with Crippen LogP contribution in [0.3, 0.4) is 0 Å². The third kappa shape index (κ3) is 2.35. The number of H-pyrrole nitrogens is 1. The monoisotopic (exact) mass is 289 g/mol. The van der Waals surface area contributed by atoms with Gasteiger partial charge in [-0.3, -0.25) is 9.89 Å². The largest absolute Gasteiger partial charge is 0.320 e. The molecule has 0 atom stereocenters. The van der Waals surface area contributed by atoms with Gasteiger partial charge in [0.25, 0.3) is 5.91 Å². The molecule has 3 aromatic rings. The summed E-state index contributed by atoms with van der Waals surface area (Å²) in [6, 6.07) is 11.1. The molecule has 0 fully saturated rings. The normalized spacial score (nSPS) is 10.7. The Labute approximate surface area is 118 Å². The Kier molecular flexibility index (Phi) is 3.12. The summed E-state index contributed by atoms with van der Waals surface area (Å²) >= 11 is 5.74. The van der Waals surface area contributed by atoms with Crippen LogP contribution in [-0.4, -0.2) is 16.1 Å². The number of para-hydroxylation sites is 1. The van der Waals surface area contributed by atoms with Crippen LogP contribution in [0, 0.1) is 5.82 Å². The van der Waals surface area contributed by atoms with Crippen LogP contribution in [-0.2, 0) is 0 Å². The van der Waals surface area contributed by atoms with E-state index in [0.717, 1.165) is 5.52 Å². The quantitative estimate of drug-likeness (QED) is 0.757. The number of rotatable bonds is 2. The zero-order valence-electron chi connectivity index (χ0n) is 10.2. The van der Waals surface area contributed by atoms with Gasteiger partial charge >= 0.3 is 0 Å². The Morgan fingerprint density at radius 1 is 1.25 bits per heavy atom. The van der Waals surface area contributed by atoms with Crippen molar-refractivity contribution in [2.45, 2.75) is 0 Å². The van der Waals surface area contributed by atoms with Crippen LogP contribution in [0.5, 0.6) is 0 Å². The first-order chi connectivity index (χ1) is 9.63. The van der Waals surface area contributed by atoms with Gasteiger partial charge in [0.2, 0.25) is 0 Å². The predicted molar refractivity (Wildman–Crippen MR) is 75.5 cm³/mol. The third-order valence-corrected chi connectivity index (χ3v) is 3.02. The molecule has 6 heteroatoms. The number of hydrogen-bond donors (Lipinski definition) is 2. The standard InChI is InChI=1S/C14H9ClFN3O/c15-8-5-9(16)7-10(6-8)17-14(20)13-11-3-1-2-4-12(11)18-19-13/h1-7H,(H,17,20)(H,18,19). The number of halogens is 2. The highest BCUT2D eigenvalue weighted by Gasteiger charge is 2.14.